The first-order valence-corrected chi connectivity index (χ1v) is 13.4. The van der Waals surface area contributed by atoms with E-state index in [1.807, 2.05) is 77.5 Å². The van der Waals surface area contributed by atoms with Crippen LogP contribution in [-0.4, -0.2) is 63.8 Å². The molecule has 8 N–H and O–H groups in total. The van der Waals surface area contributed by atoms with Crippen LogP contribution in [0.5, 0.6) is 11.5 Å². The molecule has 0 radical (unpaired) electrons. The number of nitrogen functional groups attached to an aromatic ring is 1. The van der Waals surface area contributed by atoms with Gasteiger partial charge in [0, 0.05) is 54.4 Å². The van der Waals surface area contributed by atoms with Crippen LogP contribution in [0.15, 0.2) is 110 Å². The number of carboxylic acid groups (broad SMARTS) is 4. The summed E-state index contributed by atoms with van der Waals surface area (Å²) in [4.78, 5) is 51.4. The van der Waals surface area contributed by atoms with Crippen LogP contribution in [0.4, 0.5) is 5.82 Å². The molecule has 0 fully saturated rings. The van der Waals surface area contributed by atoms with Gasteiger partial charge in [-0.1, -0.05) is 36.4 Å². The molecule has 0 spiro atoms. The fraction of sp³-hybridized carbons (Fsp3) is 0.0312. The van der Waals surface area contributed by atoms with E-state index in [4.69, 9.17) is 36.6 Å². The summed E-state index contributed by atoms with van der Waals surface area (Å²) >= 11 is 0. The summed E-state index contributed by atoms with van der Waals surface area (Å²) in [5, 5.41) is 32.0. The Balaban J connectivity index is 0.000000312. The van der Waals surface area contributed by atoms with Crippen LogP contribution in [0.2, 0.25) is 0 Å². The van der Waals surface area contributed by atoms with Crippen molar-refractivity contribution in [2.45, 2.75) is 6.54 Å². The highest BCUT2D eigenvalue weighted by atomic mass is 16.5. The third-order valence-corrected chi connectivity index (χ3v) is 5.81. The van der Waals surface area contributed by atoms with Gasteiger partial charge in [0.05, 0.1) is 5.39 Å². The van der Waals surface area contributed by atoms with Crippen molar-refractivity contribution in [2.75, 3.05) is 5.73 Å². The number of para-hydroxylation sites is 1. The molecule has 0 saturated heterocycles. The van der Waals surface area contributed by atoms with E-state index in [0.717, 1.165) is 39.4 Å². The van der Waals surface area contributed by atoms with Gasteiger partial charge >= 0.3 is 23.9 Å². The van der Waals surface area contributed by atoms with Gasteiger partial charge in [-0.05, 0) is 35.9 Å². The first-order chi connectivity index (χ1) is 22.5. The largest absolute Gasteiger partial charge is 0.478 e. The van der Waals surface area contributed by atoms with Crippen LogP contribution in [0.1, 0.15) is 5.56 Å². The van der Waals surface area contributed by atoms with Crippen molar-refractivity contribution < 1.29 is 44.3 Å². The first-order valence-electron chi connectivity index (χ1n) is 13.4. The molecule has 0 aliphatic heterocycles. The predicted molar refractivity (Wildman–Crippen MR) is 170 cm³/mol. The Morgan fingerprint density at radius 3 is 1.81 bits per heavy atom. The fourth-order valence-electron chi connectivity index (χ4n) is 3.88. The van der Waals surface area contributed by atoms with Crippen LogP contribution < -0.4 is 16.2 Å². The number of pyridine rings is 1. The number of carboxylic acids is 4. The third kappa shape index (κ3) is 10.4. The Morgan fingerprint density at radius 1 is 0.723 bits per heavy atom. The molecule has 2 aromatic carbocycles. The lowest BCUT2D eigenvalue weighted by Crippen LogP contribution is -2.06. The van der Waals surface area contributed by atoms with Crippen molar-refractivity contribution in [1.82, 2.24) is 19.5 Å². The molecule has 0 atom stereocenters. The van der Waals surface area contributed by atoms with Crippen molar-refractivity contribution in [3.8, 4) is 28.4 Å². The zero-order valence-electron chi connectivity index (χ0n) is 24.4. The molecule has 15 nitrogen and oxygen atoms in total. The van der Waals surface area contributed by atoms with Crippen molar-refractivity contribution >= 4 is 40.7 Å². The minimum absolute atomic E-state index is 0.365. The van der Waals surface area contributed by atoms with E-state index in [1.54, 1.807) is 6.20 Å². The number of nitrogens with two attached hydrogens (primary N) is 2. The quantitative estimate of drug-likeness (QED) is 0.126. The predicted octanol–water partition coefficient (Wildman–Crippen LogP) is 3.74. The minimum Gasteiger partial charge on any atom is -0.478 e. The maximum absolute atomic E-state index is 9.55. The van der Waals surface area contributed by atoms with Gasteiger partial charge in [-0.3, -0.25) is 4.57 Å². The fourth-order valence-corrected chi connectivity index (χ4v) is 3.88. The zero-order valence-corrected chi connectivity index (χ0v) is 24.4. The molecule has 5 rings (SSSR count). The number of nitrogens with zero attached hydrogens (tertiary/aromatic N) is 4. The molecule has 3 aromatic heterocycles. The average Bonchev–Trinajstić information content (AvgIpc) is 3.45. The lowest BCUT2D eigenvalue weighted by atomic mass is 10.1. The Kier molecular flexibility index (Phi) is 12.4. The number of hydrogen-bond donors (Lipinski definition) is 6. The summed E-state index contributed by atoms with van der Waals surface area (Å²) in [6, 6.07) is 21.3. The molecule has 0 aliphatic rings. The van der Waals surface area contributed by atoms with Crippen molar-refractivity contribution in [3.63, 3.8) is 0 Å². The van der Waals surface area contributed by atoms with Gasteiger partial charge in [0.25, 0.3) is 0 Å². The molecule has 5 aromatic rings. The van der Waals surface area contributed by atoms with E-state index in [0.29, 0.717) is 42.3 Å². The topological polar surface area (TPSA) is 254 Å². The molecule has 0 amide bonds. The highest BCUT2D eigenvalue weighted by Gasteiger charge is 2.18. The Hall–Kier alpha value is -6.87. The van der Waals surface area contributed by atoms with E-state index < -0.39 is 23.9 Å². The van der Waals surface area contributed by atoms with E-state index in [2.05, 4.69) is 15.0 Å². The summed E-state index contributed by atoms with van der Waals surface area (Å²) < 4.78 is 7.82. The number of aromatic nitrogens is 4. The average molecular weight is 641 g/mol. The SMILES string of the molecule is NCc1cccnc1-n1cc(-c2ccc(Oc3ccccc3)cc2)c2c(N)ncnc21.O=C(O)/C=C\C(=O)O.O=C(O)/C=C\C(=O)O. The maximum atomic E-state index is 9.55. The molecular formula is C32H28N6O9. The smallest absolute Gasteiger partial charge is 0.328 e. The number of carbonyl (C=O) groups is 4. The summed E-state index contributed by atoms with van der Waals surface area (Å²) in [6.45, 7) is 0.365. The normalized spacial score (nSPS) is 10.5. The van der Waals surface area contributed by atoms with E-state index in [-0.39, 0.29) is 0 Å². The third-order valence-electron chi connectivity index (χ3n) is 5.81. The molecule has 47 heavy (non-hydrogen) atoms. The molecular weight excluding hydrogens is 612 g/mol. The summed E-state index contributed by atoms with van der Waals surface area (Å²) in [5.41, 5.74) is 15.7. The molecule has 0 bridgehead atoms. The van der Waals surface area contributed by atoms with E-state index in [1.165, 1.54) is 6.33 Å². The van der Waals surface area contributed by atoms with Crippen LogP contribution in [0.3, 0.4) is 0 Å². The second-order valence-electron chi connectivity index (χ2n) is 9.02. The van der Waals surface area contributed by atoms with Gasteiger partial charge in [-0.2, -0.15) is 0 Å². The Labute approximate surface area is 266 Å². The molecule has 240 valence electrons. The summed E-state index contributed by atoms with van der Waals surface area (Å²) in [6.07, 6.45) is 7.40. The van der Waals surface area contributed by atoms with Gasteiger partial charge < -0.3 is 36.6 Å². The monoisotopic (exact) mass is 640 g/mol. The highest BCUT2D eigenvalue weighted by Crippen LogP contribution is 2.35. The molecule has 15 heteroatoms. The van der Waals surface area contributed by atoms with Crippen LogP contribution in [0.25, 0.3) is 28.0 Å². The minimum atomic E-state index is -1.26. The van der Waals surface area contributed by atoms with Gasteiger partial charge in [0.2, 0.25) is 0 Å². The molecule has 0 aliphatic carbocycles. The summed E-state index contributed by atoms with van der Waals surface area (Å²) in [7, 11) is 0. The van der Waals surface area contributed by atoms with Gasteiger partial charge in [-0.15, -0.1) is 0 Å². The molecule has 0 saturated carbocycles. The summed E-state index contributed by atoms with van der Waals surface area (Å²) in [5.74, 6) is -2.36. The number of ether oxygens (including phenoxy) is 1. The Bertz CT molecular complexity index is 1860. The lowest BCUT2D eigenvalue weighted by Gasteiger charge is -2.08. The zero-order chi connectivity index (χ0) is 34.3. The number of benzene rings is 2. The van der Waals surface area contributed by atoms with Crippen LogP contribution in [-0.2, 0) is 25.7 Å². The van der Waals surface area contributed by atoms with Gasteiger partial charge in [0.1, 0.15) is 29.5 Å². The Morgan fingerprint density at radius 2 is 1.28 bits per heavy atom. The van der Waals surface area contributed by atoms with Gasteiger partial charge in [0.15, 0.2) is 5.65 Å². The lowest BCUT2D eigenvalue weighted by molar-refractivity contribution is -0.134. The number of fused-ring (bicyclic) bond motifs is 1. The van der Waals surface area contributed by atoms with Crippen LogP contribution in [0, 0.1) is 0 Å². The van der Waals surface area contributed by atoms with E-state index >= 15 is 0 Å². The standard InChI is InChI=1S/C24H20N6O.2C4H4O4/c25-13-17-5-4-12-27-23(17)30-14-20(21-22(26)28-15-29-24(21)30)16-8-10-19(11-9-16)31-18-6-2-1-3-7-18;2*5-3(6)1-2-4(7)8/h1-12,14-15H,13,25H2,(H2,26,28,29);2*1-2H,(H,5,6)(H,7,8)/b;2*2-1-. The van der Waals surface area contributed by atoms with Crippen molar-refractivity contribution in [3.05, 3.63) is 115 Å². The highest BCUT2D eigenvalue weighted by molar-refractivity contribution is 6.01. The van der Waals surface area contributed by atoms with Gasteiger partial charge in [-0.25, -0.2) is 34.1 Å². The number of anilines is 1. The van der Waals surface area contributed by atoms with E-state index in [9.17, 15) is 19.2 Å². The van der Waals surface area contributed by atoms with Crippen molar-refractivity contribution in [2.24, 2.45) is 5.73 Å². The number of aliphatic carboxylic acids is 4. The first kappa shape index (κ1) is 34.6. The molecule has 0 unspecified atom stereocenters. The number of rotatable bonds is 9. The second kappa shape index (κ2) is 16.8. The van der Waals surface area contributed by atoms with Crippen molar-refractivity contribution in [1.29, 1.82) is 0 Å². The van der Waals surface area contributed by atoms with Crippen LogP contribution >= 0.6 is 0 Å². The maximum Gasteiger partial charge on any atom is 0.328 e. The molecule has 3 heterocycles. The number of hydrogen-bond acceptors (Lipinski definition) is 10. The second-order valence-corrected chi connectivity index (χ2v) is 9.02.